The third kappa shape index (κ3) is 3.48. The van der Waals surface area contributed by atoms with E-state index in [1.54, 1.807) is 0 Å². The van der Waals surface area contributed by atoms with Gasteiger partial charge in [-0.1, -0.05) is 0 Å². The molecule has 0 unspecified atom stereocenters. The van der Waals surface area contributed by atoms with Crippen molar-refractivity contribution in [3.63, 3.8) is 0 Å². The van der Waals surface area contributed by atoms with E-state index in [9.17, 15) is 22.0 Å². The van der Waals surface area contributed by atoms with Crippen LogP contribution in [0.3, 0.4) is 0 Å². The number of hydrogen-bond donors (Lipinski definition) is 2. The number of aryl methyl sites for hydroxylation is 1. The topological polar surface area (TPSA) is 65.8 Å². The molecule has 1 aromatic carbocycles. The standard InChI is InChI=1S/C12H9F5N2O3S/c1-4-5(2-3-22-19(20)21)23-12(18-4)6-7(13)9(15)11(17)10(16)8(6)14/h20-21H,2-3H2,1H3. The van der Waals surface area contributed by atoms with Crippen LogP contribution in [-0.4, -0.2) is 27.4 Å². The highest BCUT2D eigenvalue weighted by Crippen LogP contribution is 2.35. The number of rotatable bonds is 5. The van der Waals surface area contributed by atoms with Crippen molar-refractivity contribution in [2.45, 2.75) is 13.3 Å². The SMILES string of the molecule is Cc1nc(-c2c(F)c(F)c(F)c(F)c2F)sc1CCON(O)O. The summed E-state index contributed by atoms with van der Waals surface area (Å²) in [6, 6.07) is 0. The highest BCUT2D eigenvalue weighted by Gasteiger charge is 2.28. The molecule has 2 N–H and O–H groups in total. The summed E-state index contributed by atoms with van der Waals surface area (Å²) < 4.78 is 66.9. The Balaban J connectivity index is 2.41. The fourth-order valence-electron chi connectivity index (χ4n) is 1.78. The zero-order chi connectivity index (χ0) is 17.3. The summed E-state index contributed by atoms with van der Waals surface area (Å²) in [5, 5.41) is 15.9. The van der Waals surface area contributed by atoms with Crippen LogP contribution < -0.4 is 0 Å². The number of benzene rings is 1. The Morgan fingerprint density at radius 2 is 1.52 bits per heavy atom. The summed E-state index contributed by atoms with van der Waals surface area (Å²) in [4.78, 5) is 8.55. The Morgan fingerprint density at radius 3 is 2.04 bits per heavy atom. The first kappa shape index (κ1) is 17.7. The van der Waals surface area contributed by atoms with Crippen molar-refractivity contribution in [3.8, 4) is 10.6 Å². The van der Waals surface area contributed by atoms with E-state index in [-0.39, 0.29) is 18.0 Å². The van der Waals surface area contributed by atoms with Crippen molar-refractivity contribution in [2.24, 2.45) is 0 Å². The monoisotopic (exact) mass is 356 g/mol. The fourth-order valence-corrected chi connectivity index (χ4v) is 2.86. The van der Waals surface area contributed by atoms with Gasteiger partial charge < -0.3 is 0 Å². The van der Waals surface area contributed by atoms with Gasteiger partial charge in [0.1, 0.15) is 5.01 Å². The molecule has 5 nitrogen and oxygen atoms in total. The molecule has 0 spiro atoms. The lowest BCUT2D eigenvalue weighted by molar-refractivity contribution is -0.492. The van der Waals surface area contributed by atoms with Crippen LogP contribution in [0.5, 0.6) is 0 Å². The van der Waals surface area contributed by atoms with Crippen LogP contribution in [0.2, 0.25) is 0 Å². The smallest absolute Gasteiger partial charge is 0.200 e. The van der Waals surface area contributed by atoms with E-state index in [4.69, 9.17) is 10.4 Å². The second-order valence-corrected chi connectivity index (χ2v) is 5.39. The van der Waals surface area contributed by atoms with E-state index in [1.165, 1.54) is 6.92 Å². The number of halogens is 5. The molecule has 23 heavy (non-hydrogen) atoms. The van der Waals surface area contributed by atoms with E-state index in [0.29, 0.717) is 21.9 Å². The summed E-state index contributed by atoms with van der Waals surface area (Å²) in [6.07, 6.45) is 0.0799. The molecule has 0 saturated carbocycles. The minimum Gasteiger partial charge on any atom is -0.266 e. The number of thiazole rings is 1. The van der Waals surface area contributed by atoms with Gasteiger partial charge in [0.05, 0.1) is 23.3 Å². The van der Waals surface area contributed by atoms with Gasteiger partial charge in [0.15, 0.2) is 23.3 Å². The van der Waals surface area contributed by atoms with Crippen LogP contribution in [-0.2, 0) is 11.3 Å². The molecule has 0 fully saturated rings. The molecular formula is C12H9F5N2O3S. The second kappa shape index (κ2) is 6.84. The Bertz CT molecular complexity index is 709. The zero-order valence-corrected chi connectivity index (χ0v) is 12.2. The molecule has 2 aromatic rings. The van der Waals surface area contributed by atoms with Crippen LogP contribution in [0, 0.1) is 36.0 Å². The summed E-state index contributed by atoms with van der Waals surface area (Å²) in [5.41, 5.74) is -0.812. The summed E-state index contributed by atoms with van der Waals surface area (Å²) in [5.74, 6) is -10.3. The van der Waals surface area contributed by atoms with E-state index < -0.39 is 40.0 Å². The van der Waals surface area contributed by atoms with Gasteiger partial charge >= 0.3 is 0 Å². The highest BCUT2D eigenvalue weighted by atomic mass is 32.1. The van der Waals surface area contributed by atoms with Gasteiger partial charge in [-0.2, -0.15) is 0 Å². The van der Waals surface area contributed by atoms with Crippen LogP contribution in [0.15, 0.2) is 0 Å². The van der Waals surface area contributed by atoms with Gasteiger partial charge in [-0.3, -0.25) is 15.3 Å². The van der Waals surface area contributed by atoms with Crippen molar-refractivity contribution >= 4 is 11.3 Å². The van der Waals surface area contributed by atoms with E-state index in [2.05, 4.69) is 9.82 Å². The van der Waals surface area contributed by atoms with Crippen LogP contribution >= 0.6 is 11.3 Å². The Hall–Kier alpha value is -1.66. The maximum atomic E-state index is 13.7. The van der Waals surface area contributed by atoms with Crippen molar-refractivity contribution < 1.29 is 37.2 Å². The molecule has 1 heterocycles. The average molecular weight is 356 g/mol. The molecule has 2 rings (SSSR count). The molecule has 1 aromatic heterocycles. The van der Waals surface area contributed by atoms with Gasteiger partial charge in [0.2, 0.25) is 5.82 Å². The Morgan fingerprint density at radius 1 is 1.00 bits per heavy atom. The quantitative estimate of drug-likeness (QED) is 0.372. The van der Waals surface area contributed by atoms with Gasteiger partial charge in [-0.25, -0.2) is 26.9 Å². The van der Waals surface area contributed by atoms with Gasteiger partial charge in [0.25, 0.3) is 0 Å². The third-order valence-corrected chi connectivity index (χ3v) is 4.09. The van der Waals surface area contributed by atoms with Gasteiger partial charge in [0, 0.05) is 11.3 Å². The first-order valence-electron chi connectivity index (χ1n) is 6.03. The van der Waals surface area contributed by atoms with Gasteiger partial charge in [-0.05, 0) is 6.92 Å². The van der Waals surface area contributed by atoms with Crippen molar-refractivity contribution in [1.82, 2.24) is 10.4 Å². The van der Waals surface area contributed by atoms with Crippen LogP contribution in [0.4, 0.5) is 22.0 Å². The minimum absolute atomic E-state index is 0.0799. The third-order valence-electron chi connectivity index (χ3n) is 2.85. The number of nitrogens with zero attached hydrogens (tertiary/aromatic N) is 2. The summed E-state index contributed by atoms with van der Waals surface area (Å²) >= 11 is 0.707. The lowest BCUT2D eigenvalue weighted by Gasteiger charge is -2.05. The molecule has 0 atom stereocenters. The predicted octanol–water partition coefficient (Wildman–Crippen LogP) is 3.37. The van der Waals surface area contributed by atoms with E-state index >= 15 is 0 Å². The molecule has 0 bridgehead atoms. The largest absolute Gasteiger partial charge is 0.266 e. The summed E-state index contributed by atoms with van der Waals surface area (Å²) in [7, 11) is 0. The molecular weight excluding hydrogens is 347 g/mol. The molecule has 0 amide bonds. The molecule has 0 aliphatic carbocycles. The van der Waals surface area contributed by atoms with Crippen molar-refractivity contribution in [1.29, 1.82) is 0 Å². The lowest BCUT2D eigenvalue weighted by Crippen LogP contribution is -2.16. The van der Waals surface area contributed by atoms with Gasteiger partial charge in [-0.15, -0.1) is 11.3 Å². The Kier molecular flexibility index (Phi) is 5.26. The molecule has 11 heteroatoms. The maximum Gasteiger partial charge on any atom is 0.200 e. The second-order valence-electron chi connectivity index (χ2n) is 4.31. The zero-order valence-electron chi connectivity index (χ0n) is 11.4. The van der Waals surface area contributed by atoms with E-state index in [0.717, 1.165) is 0 Å². The molecule has 0 radical (unpaired) electrons. The van der Waals surface area contributed by atoms with Crippen molar-refractivity contribution in [2.75, 3.05) is 6.61 Å². The molecule has 0 aliphatic rings. The van der Waals surface area contributed by atoms with E-state index in [1.807, 2.05) is 0 Å². The van der Waals surface area contributed by atoms with Crippen LogP contribution in [0.1, 0.15) is 10.6 Å². The minimum atomic E-state index is -2.24. The normalized spacial score (nSPS) is 11.5. The maximum absolute atomic E-state index is 13.7. The van der Waals surface area contributed by atoms with Crippen LogP contribution in [0.25, 0.3) is 10.6 Å². The highest BCUT2D eigenvalue weighted by molar-refractivity contribution is 7.15. The fraction of sp³-hybridized carbons (Fsp3) is 0.250. The molecule has 0 saturated heterocycles. The number of aromatic nitrogens is 1. The first-order valence-corrected chi connectivity index (χ1v) is 6.84. The summed E-state index contributed by atoms with van der Waals surface area (Å²) in [6.45, 7) is 1.27. The predicted molar refractivity (Wildman–Crippen MR) is 67.1 cm³/mol. The lowest BCUT2D eigenvalue weighted by atomic mass is 10.2. The molecule has 126 valence electrons. The Labute approximate surface area is 130 Å². The molecule has 0 aliphatic heterocycles. The average Bonchev–Trinajstić information content (AvgIpc) is 2.84. The first-order chi connectivity index (χ1) is 10.7. The van der Waals surface area contributed by atoms with Crippen molar-refractivity contribution in [3.05, 3.63) is 39.7 Å². The number of hydrogen-bond acceptors (Lipinski definition) is 6.